The Balaban J connectivity index is 2.49. The highest BCUT2D eigenvalue weighted by Gasteiger charge is 1.97. The Kier molecular flexibility index (Phi) is 2.39. The Morgan fingerprint density at radius 2 is 2.60 bits per heavy atom. The van der Waals surface area contributed by atoms with E-state index in [2.05, 4.69) is 5.10 Å². The van der Waals surface area contributed by atoms with Gasteiger partial charge in [-0.1, -0.05) is 0 Å². The van der Waals surface area contributed by atoms with Crippen LogP contribution in [0.3, 0.4) is 0 Å². The van der Waals surface area contributed by atoms with Crippen molar-refractivity contribution in [1.29, 1.82) is 0 Å². The molecule has 1 aromatic rings. The summed E-state index contributed by atoms with van der Waals surface area (Å²) >= 11 is 0. The maximum atomic E-state index is 12.5. The van der Waals surface area contributed by atoms with Crippen molar-refractivity contribution in [2.45, 2.75) is 6.54 Å². The van der Waals surface area contributed by atoms with Crippen LogP contribution in [-0.4, -0.2) is 23.5 Å². The van der Waals surface area contributed by atoms with Crippen molar-refractivity contribution >= 4 is 0 Å². The topological polar surface area (TPSA) is 27.1 Å². The summed E-state index contributed by atoms with van der Waals surface area (Å²) < 4.78 is 18.5. The lowest BCUT2D eigenvalue weighted by molar-refractivity contribution is 0.178. The maximum Gasteiger partial charge on any atom is 0.211 e. The van der Waals surface area contributed by atoms with Crippen molar-refractivity contribution in [3.05, 3.63) is 18.2 Å². The minimum atomic E-state index is -0.322. The first-order chi connectivity index (χ1) is 4.84. The van der Waals surface area contributed by atoms with Gasteiger partial charge < -0.3 is 4.74 Å². The van der Waals surface area contributed by atoms with E-state index in [1.165, 1.54) is 16.9 Å². The molecule has 1 aromatic heterocycles. The van der Waals surface area contributed by atoms with Crippen molar-refractivity contribution in [3.63, 3.8) is 0 Å². The summed E-state index contributed by atoms with van der Waals surface area (Å²) in [6.07, 6.45) is 1.42. The van der Waals surface area contributed by atoms with Crippen LogP contribution in [0.4, 0.5) is 4.39 Å². The van der Waals surface area contributed by atoms with Crippen LogP contribution in [-0.2, 0) is 11.3 Å². The molecule has 0 spiro atoms. The first-order valence-corrected chi connectivity index (χ1v) is 3.01. The summed E-state index contributed by atoms with van der Waals surface area (Å²) in [4.78, 5) is 0. The quantitative estimate of drug-likeness (QED) is 0.623. The third-order valence-electron chi connectivity index (χ3n) is 1.17. The second-order valence-corrected chi connectivity index (χ2v) is 1.87. The molecule has 0 aliphatic rings. The molecule has 0 bridgehead atoms. The molecular weight excluding hydrogens is 135 g/mol. The van der Waals surface area contributed by atoms with Crippen molar-refractivity contribution in [3.8, 4) is 0 Å². The predicted molar refractivity (Wildman–Crippen MR) is 34.1 cm³/mol. The average Bonchev–Trinajstić information content (AvgIpc) is 2.31. The van der Waals surface area contributed by atoms with Crippen LogP contribution in [0.15, 0.2) is 12.3 Å². The molecule has 0 saturated heterocycles. The third-order valence-corrected chi connectivity index (χ3v) is 1.17. The van der Waals surface area contributed by atoms with Gasteiger partial charge in [0.1, 0.15) is 0 Å². The molecule has 0 radical (unpaired) electrons. The van der Waals surface area contributed by atoms with Gasteiger partial charge in [-0.2, -0.15) is 9.49 Å². The maximum absolute atomic E-state index is 12.5. The summed E-state index contributed by atoms with van der Waals surface area (Å²) in [6.45, 7) is 0.952. The average molecular weight is 144 g/mol. The van der Waals surface area contributed by atoms with E-state index in [4.69, 9.17) is 4.74 Å². The van der Waals surface area contributed by atoms with E-state index in [1.807, 2.05) is 0 Å². The van der Waals surface area contributed by atoms with Gasteiger partial charge in [-0.15, -0.1) is 0 Å². The van der Waals surface area contributed by atoms with Gasteiger partial charge in [-0.05, 0) is 0 Å². The summed E-state index contributed by atoms with van der Waals surface area (Å²) in [5, 5.41) is 3.71. The molecule has 1 rings (SSSR count). The van der Waals surface area contributed by atoms with Crippen LogP contribution in [0.2, 0.25) is 0 Å². The lowest BCUT2D eigenvalue weighted by Gasteiger charge is -1.98. The number of halogens is 1. The van der Waals surface area contributed by atoms with Gasteiger partial charge in [0.2, 0.25) is 5.95 Å². The van der Waals surface area contributed by atoms with Gasteiger partial charge in [-0.3, -0.25) is 0 Å². The van der Waals surface area contributed by atoms with Crippen molar-refractivity contribution in [2.75, 3.05) is 13.7 Å². The second-order valence-electron chi connectivity index (χ2n) is 1.87. The standard InChI is InChI=1S/C6H9FN2O/c1-10-5-4-9-6(7)2-3-8-9/h2-3H,4-5H2,1H3. The normalized spacial score (nSPS) is 10.2. The molecule has 0 atom stereocenters. The molecular formula is C6H9FN2O. The zero-order valence-electron chi connectivity index (χ0n) is 5.75. The van der Waals surface area contributed by atoms with Crippen molar-refractivity contribution in [2.24, 2.45) is 0 Å². The Labute approximate surface area is 58.4 Å². The number of ether oxygens (including phenoxy) is 1. The zero-order valence-corrected chi connectivity index (χ0v) is 5.75. The van der Waals surface area contributed by atoms with Gasteiger partial charge in [0.05, 0.1) is 19.3 Å². The van der Waals surface area contributed by atoms with Gasteiger partial charge in [0.15, 0.2) is 0 Å². The highest BCUT2D eigenvalue weighted by Crippen LogP contribution is 1.93. The highest BCUT2D eigenvalue weighted by atomic mass is 19.1. The van der Waals surface area contributed by atoms with Gasteiger partial charge >= 0.3 is 0 Å². The minimum Gasteiger partial charge on any atom is -0.383 e. The SMILES string of the molecule is COCCn1nccc1F. The number of aromatic nitrogens is 2. The zero-order chi connectivity index (χ0) is 7.40. The Bertz CT molecular complexity index is 199. The van der Waals surface area contributed by atoms with E-state index in [9.17, 15) is 4.39 Å². The minimum absolute atomic E-state index is 0.322. The lowest BCUT2D eigenvalue weighted by Crippen LogP contribution is -2.07. The fraction of sp³-hybridized carbons (Fsp3) is 0.500. The molecule has 56 valence electrons. The van der Waals surface area contributed by atoms with E-state index < -0.39 is 0 Å². The first kappa shape index (κ1) is 7.21. The molecule has 0 N–H and O–H groups in total. The molecule has 0 saturated carbocycles. The van der Waals surface area contributed by atoms with Crippen LogP contribution in [0, 0.1) is 5.95 Å². The molecule has 0 unspecified atom stereocenters. The molecule has 0 aliphatic heterocycles. The Morgan fingerprint density at radius 3 is 3.10 bits per heavy atom. The predicted octanol–water partition coefficient (Wildman–Crippen LogP) is 0.669. The summed E-state index contributed by atoms with van der Waals surface area (Å²) in [7, 11) is 1.57. The Morgan fingerprint density at radius 1 is 1.80 bits per heavy atom. The van der Waals surface area contributed by atoms with Crippen molar-refractivity contribution in [1.82, 2.24) is 9.78 Å². The number of nitrogens with zero attached hydrogens (tertiary/aromatic N) is 2. The van der Waals surface area contributed by atoms with Gasteiger partial charge in [-0.25, -0.2) is 4.68 Å². The molecule has 0 aliphatic carbocycles. The van der Waals surface area contributed by atoms with Gasteiger partial charge in [0, 0.05) is 13.2 Å². The summed E-state index contributed by atoms with van der Waals surface area (Å²) in [6, 6.07) is 1.32. The van der Waals surface area contributed by atoms with E-state index in [-0.39, 0.29) is 5.95 Å². The lowest BCUT2D eigenvalue weighted by atomic mass is 10.6. The monoisotopic (exact) mass is 144 g/mol. The number of hydrogen-bond acceptors (Lipinski definition) is 2. The number of hydrogen-bond donors (Lipinski definition) is 0. The van der Waals surface area contributed by atoms with E-state index in [0.717, 1.165) is 0 Å². The van der Waals surface area contributed by atoms with Crippen LogP contribution >= 0.6 is 0 Å². The molecule has 0 amide bonds. The van der Waals surface area contributed by atoms with Crippen LogP contribution in [0.1, 0.15) is 0 Å². The number of methoxy groups -OCH3 is 1. The molecule has 0 fully saturated rings. The van der Waals surface area contributed by atoms with E-state index in [1.54, 1.807) is 7.11 Å². The fourth-order valence-corrected chi connectivity index (χ4v) is 0.659. The summed E-state index contributed by atoms with van der Waals surface area (Å²) in [5.41, 5.74) is 0. The largest absolute Gasteiger partial charge is 0.383 e. The molecule has 10 heavy (non-hydrogen) atoms. The molecule has 0 aromatic carbocycles. The summed E-state index contributed by atoms with van der Waals surface area (Å²) in [5.74, 6) is -0.322. The van der Waals surface area contributed by atoms with Crippen LogP contribution in [0.25, 0.3) is 0 Å². The van der Waals surface area contributed by atoms with Crippen LogP contribution < -0.4 is 0 Å². The third kappa shape index (κ3) is 1.54. The first-order valence-electron chi connectivity index (χ1n) is 3.01. The molecule has 1 heterocycles. The number of rotatable bonds is 3. The van der Waals surface area contributed by atoms with E-state index >= 15 is 0 Å². The highest BCUT2D eigenvalue weighted by molar-refractivity contribution is 4.82. The second kappa shape index (κ2) is 3.31. The Hall–Kier alpha value is -0.900. The fourth-order valence-electron chi connectivity index (χ4n) is 0.659. The van der Waals surface area contributed by atoms with Crippen LogP contribution in [0.5, 0.6) is 0 Å². The van der Waals surface area contributed by atoms with E-state index in [0.29, 0.717) is 13.2 Å². The van der Waals surface area contributed by atoms with Crippen molar-refractivity contribution < 1.29 is 9.13 Å². The molecule has 3 nitrogen and oxygen atoms in total. The smallest absolute Gasteiger partial charge is 0.211 e. The van der Waals surface area contributed by atoms with Gasteiger partial charge in [0.25, 0.3) is 0 Å². The molecule has 4 heteroatoms.